The smallest absolute Gasteiger partial charge is 0.238 e. The van der Waals surface area contributed by atoms with Gasteiger partial charge in [-0.2, -0.15) is 0 Å². The molecule has 0 unspecified atom stereocenters. The minimum Gasteiger partial charge on any atom is -0.294 e. The number of benzene rings is 1. The van der Waals surface area contributed by atoms with Crippen molar-refractivity contribution in [2.45, 2.75) is 6.42 Å². The maximum Gasteiger partial charge on any atom is 0.238 e. The number of hydrogen-bond acceptors (Lipinski definition) is 3. The second-order valence-electron chi connectivity index (χ2n) is 3.00. The number of nitrogens with one attached hydrogen (secondary N) is 1. The van der Waals surface area contributed by atoms with Crippen LogP contribution < -0.4 is 11.3 Å². The van der Waals surface area contributed by atoms with Gasteiger partial charge in [0, 0.05) is 4.70 Å². The molecule has 0 fully saturated rings. The Kier molecular flexibility index (Phi) is 2.47. The van der Waals surface area contributed by atoms with E-state index >= 15 is 0 Å². The molecule has 1 aromatic carbocycles. The first-order chi connectivity index (χ1) is 6.81. The monoisotopic (exact) mass is 206 g/mol. The van der Waals surface area contributed by atoms with Crippen molar-refractivity contribution in [2.75, 3.05) is 0 Å². The van der Waals surface area contributed by atoms with Gasteiger partial charge in [0.05, 0.1) is 6.42 Å². The van der Waals surface area contributed by atoms with Crippen molar-refractivity contribution in [3.63, 3.8) is 0 Å². The summed E-state index contributed by atoms with van der Waals surface area (Å²) in [6.07, 6.45) is 0.348. The minimum atomic E-state index is -0.159. The molecule has 0 saturated carbocycles. The minimum absolute atomic E-state index is 0.159. The number of fused-ring (bicyclic) bond motifs is 1. The maximum atomic E-state index is 11.1. The van der Waals surface area contributed by atoms with Gasteiger partial charge in [-0.25, -0.2) is 5.84 Å². The van der Waals surface area contributed by atoms with E-state index in [1.54, 1.807) is 11.3 Å². The zero-order chi connectivity index (χ0) is 9.97. The standard InChI is InChI=1S/C10H10N2OS/c11-12-10(13)5-7-6-14-9-4-2-1-3-8(7)9/h1-4,6H,5,11H2,(H,12,13). The summed E-state index contributed by atoms with van der Waals surface area (Å²) in [5.74, 6) is 4.88. The molecule has 0 spiro atoms. The molecule has 1 aromatic heterocycles. The number of nitrogens with two attached hydrogens (primary N) is 1. The fourth-order valence-corrected chi connectivity index (χ4v) is 2.36. The van der Waals surface area contributed by atoms with Crippen molar-refractivity contribution in [3.05, 3.63) is 35.2 Å². The molecule has 3 N–H and O–H groups in total. The van der Waals surface area contributed by atoms with Gasteiger partial charge in [0.2, 0.25) is 5.91 Å². The molecule has 3 nitrogen and oxygen atoms in total. The number of thiophene rings is 1. The Morgan fingerprint density at radius 1 is 1.43 bits per heavy atom. The Hall–Kier alpha value is -1.39. The van der Waals surface area contributed by atoms with Crippen molar-refractivity contribution in [3.8, 4) is 0 Å². The molecule has 0 aliphatic heterocycles. The van der Waals surface area contributed by atoms with Gasteiger partial charge in [0.15, 0.2) is 0 Å². The number of hydrogen-bond donors (Lipinski definition) is 2. The molecule has 0 atom stereocenters. The van der Waals surface area contributed by atoms with Crippen LogP contribution in [-0.2, 0) is 11.2 Å². The fourth-order valence-electron chi connectivity index (χ4n) is 1.39. The summed E-state index contributed by atoms with van der Waals surface area (Å²) in [7, 11) is 0. The van der Waals surface area contributed by atoms with Gasteiger partial charge in [0.25, 0.3) is 0 Å². The first-order valence-corrected chi connectivity index (χ1v) is 5.14. The van der Waals surface area contributed by atoms with Gasteiger partial charge in [-0.1, -0.05) is 18.2 Å². The first kappa shape index (κ1) is 9.18. The van der Waals surface area contributed by atoms with E-state index in [2.05, 4.69) is 5.43 Å². The molecule has 14 heavy (non-hydrogen) atoms. The van der Waals surface area contributed by atoms with E-state index < -0.39 is 0 Å². The average Bonchev–Trinajstić information content (AvgIpc) is 2.62. The third-order valence-corrected chi connectivity index (χ3v) is 3.09. The van der Waals surface area contributed by atoms with Crippen LogP contribution in [0.15, 0.2) is 29.6 Å². The second kappa shape index (κ2) is 3.77. The third-order valence-electron chi connectivity index (χ3n) is 2.07. The fraction of sp³-hybridized carbons (Fsp3) is 0.100. The van der Waals surface area contributed by atoms with Gasteiger partial charge >= 0.3 is 0 Å². The molecular formula is C10H10N2OS. The Morgan fingerprint density at radius 3 is 3.00 bits per heavy atom. The van der Waals surface area contributed by atoms with E-state index in [1.165, 1.54) is 4.70 Å². The average molecular weight is 206 g/mol. The molecule has 4 heteroatoms. The molecule has 72 valence electrons. The Labute approximate surface area is 85.5 Å². The molecular weight excluding hydrogens is 196 g/mol. The Morgan fingerprint density at radius 2 is 2.21 bits per heavy atom. The predicted molar refractivity (Wildman–Crippen MR) is 57.9 cm³/mol. The van der Waals surface area contributed by atoms with Gasteiger partial charge < -0.3 is 0 Å². The van der Waals surface area contributed by atoms with Crippen LogP contribution in [0.5, 0.6) is 0 Å². The van der Waals surface area contributed by atoms with Crippen LogP contribution in [0.25, 0.3) is 10.1 Å². The highest BCUT2D eigenvalue weighted by atomic mass is 32.1. The zero-order valence-electron chi connectivity index (χ0n) is 7.49. The topological polar surface area (TPSA) is 55.1 Å². The number of hydrazine groups is 1. The number of carbonyl (C=O) groups is 1. The highest BCUT2D eigenvalue weighted by Gasteiger charge is 2.06. The van der Waals surface area contributed by atoms with Crippen LogP contribution >= 0.6 is 11.3 Å². The van der Waals surface area contributed by atoms with Crippen molar-refractivity contribution in [1.82, 2.24) is 5.43 Å². The van der Waals surface area contributed by atoms with E-state index in [0.717, 1.165) is 10.9 Å². The second-order valence-corrected chi connectivity index (χ2v) is 3.91. The molecule has 2 rings (SSSR count). The predicted octanol–water partition coefficient (Wildman–Crippen LogP) is 1.43. The normalized spacial score (nSPS) is 10.4. The van der Waals surface area contributed by atoms with Crippen LogP contribution in [-0.4, -0.2) is 5.91 Å². The Bertz CT molecular complexity index is 464. The third kappa shape index (κ3) is 1.62. The van der Waals surface area contributed by atoms with Gasteiger partial charge in [-0.15, -0.1) is 11.3 Å². The molecule has 0 radical (unpaired) electrons. The lowest BCUT2D eigenvalue weighted by Gasteiger charge is -1.97. The Balaban J connectivity index is 2.38. The molecule has 0 saturated heterocycles. The molecule has 0 aliphatic carbocycles. The molecule has 1 heterocycles. The van der Waals surface area contributed by atoms with Crippen LogP contribution in [0.1, 0.15) is 5.56 Å². The summed E-state index contributed by atoms with van der Waals surface area (Å²) >= 11 is 1.65. The first-order valence-electron chi connectivity index (χ1n) is 4.26. The van der Waals surface area contributed by atoms with Crippen LogP contribution in [0, 0.1) is 0 Å². The van der Waals surface area contributed by atoms with Crippen LogP contribution in [0.2, 0.25) is 0 Å². The number of rotatable bonds is 2. The molecule has 0 bridgehead atoms. The summed E-state index contributed by atoms with van der Waals surface area (Å²) in [5.41, 5.74) is 3.17. The summed E-state index contributed by atoms with van der Waals surface area (Å²) in [6, 6.07) is 8.03. The zero-order valence-corrected chi connectivity index (χ0v) is 8.30. The van der Waals surface area contributed by atoms with Crippen molar-refractivity contribution in [2.24, 2.45) is 5.84 Å². The number of amides is 1. The van der Waals surface area contributed by atoms with Crippen LogP contribution in [0.3, 0.4) is 0 Å². The van der Waals surface area contributed by atoms with E-state index in [4.69, 9.17) is 5.84 Å². The lowest BCUT2D eigenvalue weighted by molar-refractivity contribution is -0.120. The van der Waals surface area contributed by atoms with E-state index in [1.807, 2.05) is 29.6 Å². The van der Waals surface area contributed by atoms with Crippen LogP contribution in [0.4, 0.5) is 0 Å². The maximum absolute atomic E-state index is 11.1. The summed E-state index contributed by atoms with van der Waals surface area (Å²) < 4.78 is 1.20. The summed E-state index contributed by atoms with van der Waals surface area (Å²) in [4.78, 5) is 11.1. The highest BCUT2D eigenvalue weighted by molar-refractivity contribution is 7.17. The highest BCUT2D eigenvalue weighted by Crippen LogP contribution is 2.25. The summed E-state index contributed by atoms with van der Waals surface area (Å²) in [6.45, 7) is 0. The van der Waals surface area contributed by atoms with E-state index in [0.29, 0.717) is 6.42 Å². The van der Waals surface area contributed by atoms with Gasteiger partial charge in [-0.3, -0.25) is 10.2 Å². The van der Waals surface area contributed by atoms with Gasteiger partial charge in [-0.05, 0) is 22.4 Å². The lowest BCUT2D eigenvalue weighted by Crippen LogP contribution is -2.31. The molecule has 0 aliphatic rings. The molecule has 1 amide bonds. The molecule has 2 aromatic rings. The lowest BCUT2D eigenvalue weighted by atomic mass is 10.1. The van der Waals surface area contributed by atoms with Gasteiger partial charge in [0.1, 0.15) is 0 Å². The van der Waals surface area contributed by atoms with Crippen molar-refractivity contribution >= 4 is 27.3 Å². The SMILES string of the molecule is NNC(=O)Cc1csc2ccccc12. The van der Waals surface area contributed by atoms with Crippen molar-refractivity contribution in [1.29, 1.82) is 0 Å². The van der Waals surface area contributed by atoms with Crippen molar-refractivity contribution < 1.29 is 4.79 Å². The van der Waals surface area contributed by atoms with E-state index in [-0.39, 0.29) is 5.91 Å². The largest absolute Gasteiger partial charge is 0.294 e. The quantitative estimate of drug-likeness (QED) is 0.444. The number of carbonyl (C=O) groups excluding carboxylic acids is 1. The summed E-state index contributed by atoms with van der Waals surface area (Å²) in [5, 5.41) is 3.14. The van der Waals surface area contributed by atoms with E-state index in [9.17, 15) is 4.79 Å².